The fourth-order valence-corrected chi connectivity index (χ4v) is 4.04. The molecular formula is C15H22N6O4S. The van der Waals surface area contributed by atoms with Crippen molar-refractivity contribution in [3.63, 3.8) is 0 Å². The minimum atomic E-state index is -3.89. The van der Waals surface area contributed by atoms with Crippen LogP contribution in [0.25, 0.3) is 0 Å². The van der Waals surface area contributed by atoms with Gasteiger partial charge in [-0.1, -0.05) is 0 Å². The summed E-state index contributed by atoms with van der Waals surface area (Å²) in [5, 5.41) is 8.11. The molecule has 0 aromatic carbocycles. The summed E-state index contributed by atoms with van der Waals surface area (Å²) in [6, 6.07) is 0. The number of carbonyl (C=O) groups is 1. The van der Waals surface area contributed by atoms with Crippen molar-refractivity contribution in [2.75, 3.05) is 31.0 Å². The number of nitrogens with zero attached hydrogens (tertiary/aromatic N) is 5. The first-order valence-corrected chi connectivity index (χ1v) is 9.77. The second-order valence-electron chi connectivity index (χ2n) is 5.95. The van der Waals surface area contributed by atoms with Crippen molar-refractivity contribution in [1.82, 2.24) is 24.5 Å². The van der Waals surface area contributed by atoms with E-state index in [1.54, 1.807) is 18.9 Å². The maximum Gasteiger partial charge on any atom is 0.274 e. The van der Waals surface area contributed by atoms with E-state index in [-0.39, 0.29) is 22.2 Å². The second kappa shape index (κ2) is 7.08. The van der Waals surface area contributed by atoms with Crippen LogP contribution in [0.3, 0.4) is 0 Å². The number of carbonyl (C=O) groups excluding carboxylic acids is 1. The number of ether oxygens (including phenoxy) is 1. The Morgan fingerprint density at radius 3 is 2.54 bits per heavy atom. The Labute approximate surface area is 151 Å². The number of aryl methyl sites for hydroxylation is 2. The summed E-state index contributed by atoms with van der Waals surface area (Å²) in [6.45, 7) is 5.79. The molecule has 3 rings (SSSR count). The van der Waals surface area contributed by atoms with Crippen molar-refractivity contribution in [3.05, 3.63) is 23.8 Å². The van der Waals surface area contributed by atoms with Gasteiger partial charge in [0.2, 0.25) is 0 Å². The van der Waals surface area contributed by atoms with Crippen molar-refractivity contribution in [1.29, 1.82) is 0 Å². The number of rotatable bonds is 5. The molecule has 0 spiro atoms. The molecule has 2 aromatic heterocycles. The van der Waals surface area contributed by atoms with E-state index in [4.69, 9.17) is 4.74 Å². The van der Waals surface area contributed by atoms with Crippen LogP contribution in [0.4, 0.5) is 5.69 Å². The highest BCUT2D eigenvalue weighted by atomic mass is 32.2. The normalized spacial score (nSPS) is 15.3. The van der Waals surface area contributed by atoms with Gasteiger partial charge in [-0.2, -0.15) is 10.2 Å². The average Bonchev–Trinajstić information content (AvgIpc) is 3.18. The van der Waals surface area contributed by atoms with Crippen LogP contribution in [0.2, 0.25) is 0 Å². The molecule has 10 nitrogen and oxygen atoms in total. The van der Waals surface area contributed by atoms with Crippen LogP contribution in [0, 0.1) is 6.92 Å². The van der Waals surface area contributed by atoms with Crippen LogP contribution < -0.4 is 4.72 Å². The zero-order chi connectivity index (χ0) is 18.9. The summed E-state index contributed by atoms with van der Waals surface area (Å²) < 4.78 is 36.2. The quantitative estimate of drug-likeness (QED) is 0.792. The van der Waals surface area contributed by atoms with E-state index >= 15 is 0 Å². The van der Waals surface area contributed by atoms with Gasteiger partial charge in [0.05, 0.1) is 37.0 Å². The van der Waals surface area contributed by atoms with E-state index in [1.165, 1.54) is 21.8 Å². The first kappa shape index (κ1) is 18.4. The molecular weight excluding hydrogens is 360 g/mol. The van der Waals surface area contributed by atoms with Crippen LogP contribution in [-0.4, -0.2) is 65.1 Å². The zero-order valence-electron chi connectivity index (χ0n) is 15.0. The highest BCUT2D eigenvalue weighted by Crippen LogP contribution is 2.23. The van der Waals surface area contributed by atoms with Gasteiger partial charge < -0.3 is 9.64 Å². The van der Waals surface area contributed by atoms with E-state index in [0.717, 1.165) is 0 Å². The number of aromatic nitrogens is 4. The molecule has 0 unspecified atom stereocenters. The molecule has 2 aromatic rings. The number of morpholine rings is 1. The van der Waals surface area contributed by atoms with Crippen molar-refractivity contribution in [2.45, 2.75) is 25.3 Å². The van der Waals surface area contributed by atoms with Crippen LogP contribution in [0.1, 0.15) is 23.1 Å². The minimum Gasteiger partial charge on any atom is -0.378 e. The molecule has 0 atom stereocenters. The lowest BCUT2D eigenvalue weighted by Gasteiger charge is -2.27. The maximum absolute atomic E-state index is 12.9. The van der Waals surface area contributed by atoms with Crippen LogP contribution >= 0.6 is 0 Å². The number of sulfonamides is 1. The largest absolute Gasteiger partial charge is 0.378 e. The monoisotopic (exact) mass is 382 g/mol. The molecule has 0 bridgehead atoms. The Hall–Kier alpha value is -2.40. The van der Waals surface area contributed by atoms with Gasteiger partial charge in [0.1, 0.15) is 4.90 Å². The Morgan fingerprint density at radius 1 is 1.27 bits per heavy atom. The Balaban J connectivity index is 1.94. The van der Waals surface area contributed by atoms with E-state index in [1.807, 2.05) is 6.92 Å². The highest BCUT2D eigenvalue weighted by Gasteiger charge is 2.28. The predicted octanol–water partition coefficient (Wildman–Crippen LogP) is 0.218. The number of nitrogens with one attached hydrogen (secondary N) is 1. The van der Waals surface area contributed by atoms with Gasteiger partial charge in [-0.05, 0) is 13.8 Å². The van der Waals surface area contributed by atoms with Crippen molar-refractivity contribution >= 4 is 21.6 Å². The third kappa shape index (κ3) is 3.31. The molecule has 1 fully saturated rings. The number of hydrogen-bond donors (Lipinski definition) is 1. The van der Waals surface area contributed by atoms with Gasteiger partial charge in [-0.3, -0.25) is 18.9 Å². The SMILES string of the molecule is CCn1ncc(NS(=O)(=O)c2cnn(C)c2C)c1C(=O)N1CCOCC1. The van der Waals surface area contributed by atoms with E-state index in [2.05, 4.69) is 14.9 Å². The molecule has 1 aliphatic rings. The smallest absolute Gasteiger partial charge is 0.274 e. The van der Waals surface area contributed by atoms with Gasteiger partial charge in [0.25, 0.3) is 15.9 Å². The highest BCUT2D eigenvalue weighted by molar-refractivity contribution is 7.92. The molecule has 1 N–H and O–H groups in total. The van der Waals surface area contributed by atoms with Crippen molar-refractivity contribution in [3.8, 4) is 0 Å². The third-order valence-corrected chi connectivity index (χ3v) is 5.83. The van der Waals surface area contributed by atoms with Gasteiger partial charge in [0.15, 0.2) is 5.69 Å². The number of amides is 1. The molecule has 26 heavy (non-hydrogen) atoms. The second-order valence-corrected chi connectivity index (χ2v) is 7.60. The van der Waals surface area contributed by atoms with Crippen LogP contribution in [0.15, 0.2) is 17.3 Å². The molecule has 3 heterocycles. The maximum atomic E-state index is 12.9. The lowest BCUT2D eigenvalue weighted by atomic mass is 10.3. The van der Waals surface area contributed by atoms with Crippen molar-refractivity contribution < 1.29 is 17.9 Å². The Bertz CT molecular complexity index is 911. The first-order chi connectivity index (χ1) is 12.3. The molecule has 0 aliphatic carbocycles. The zero-order valence-corrected chi connectivity index (χ0v) is 15.8. The molecule has 1 saturated heterocycles. The summed E-state index contributed by atoms with van der Waals surface area (Å²) in [5.41, 5.74) is 0.882. The van der Waals surface area contributed by atoms with Gasteiger partial charge >= 0.3 is 0 Å². The van der Waals surface area contributed by atoms with E-state index in [0.29, 0.717) is 38.5 Å². The summed E-state index contributed by atoms with van der Waals surface area (Å²) in [7, 11) is -2.22. The predicted molar refractivity (Wildman–Crippen MR) is 93.4 cm³/mol. The fraction of sp³-hybridized carbons (Fsp3) is 0.533. The van der Waals surface area contributed by atoms with E-state index < -0.39 is 10.0 Å². The van der Waals surface area contributed by atoms with Gasteiger partial charge in [0, 0.05) is 26.7 Å². The van der Waals surface area contributed by atoms with Gasteiger partial charge in [-0.25, -0.2) is 8.42 Å². The Kier molecular flexibility index (Phi) is 5.01. The number of hydrogen-bond acceptors (Lipinski definition) is 6. The third-order valence-electron chi connectivity index (χ3n) is 4.36. The summed E-state index contributed by atoms with van der Waals surface area (Å²) in [5.74, 6) is -0.270. The summed E-state index contributed by atoms with van der Waals surface area (Å²) >= 11 is 0. The lowest BCUT2D eigenvalue weighted by Crippen LogP contribution is -2.41. The molecule has 1 aliphatic heterocycles. The Morgan fingerprint density at radius 2 is 1.96 bits per heavy atom. The van der Waals surface area contributed by atoms with Gasteiger partial charge in [-0.15, -0.1) is 0 Å². The minimum absolute atomic E-state index is 0.0639. The summed E-state index contributed by atoms with van der Waals surface area (Å²) in [4.78, 5) is 14.6. The number of anilines is 1. The lowest BCUT2D eigenvalue weighted by molar-refractivity contribution is 0.0295. The first-order valence-electron chi connectivity index (χ1n) is 8.29. The topological polar surface area (TPSA) is 111 Å². The fourth-order valence-electron chi connectivity index (χ4n) is 2.78. The average molecular weight is 382 g/mol. The van der Waals surface area contributed by atoms with Crippen molar-refractivity contribution in [2.24, 2.45) is 7.05 Å². The van der Waals surface area contributed by atoms with Crippen LogP contribution in [0.5, 0.6) is 0 Å². The molecule has 142 valence electrons. The van der Waals surface area contributed by atoms with Crippen LogP contribution in [-0.2, 0) is 28.4 Å². The summed E-state index contributed by atoms with van der Waals surface area (Å²) in [6.07, 6.45) is 2.64. The van der Waals surface area contributed by atoms with E-state index in [9.17, 15) is 13.2 Å². The molecule has 1 amide bonds. The standard InChI is InChI=1S/C15H22N6O4S/c1-4-21-14(15(22)20-5-7-25-8-6-20)12(9-17-21)18-26(23,24)13-10-16-19(3)11(13)2/h9-10,18H,4-8H2,1-3H3. The molecule has 0 radical (unpaired) electrons. The molecule has 11 heteroatoms. The molecule has 0 saturated carbocycles.